The molecular weight excluding hydrogens is 446 g/mol. The summed E-state index contributed by atoms with van der Waals surface area (Å²) in [5.41, 5.74) is 3.13. The molecule has 1 aliphatic heterocycles. The number of ether oxygens (including phenoxy) is 1. The molecule has 0 fully saturated rings. The van der Waals surface area contributed by atoms with E-state index in [1.165, 1.54) is 0 Å². The Kier molecular flexibility index (Phi) is 8.11. The highest BCUT2D eigenvalue weighted by atomic mass is 16.5. The number of benzene rings is 2. The van der Waals surface area contributed by atoms with E-state index in [4.69, 9.17) is 4.74 Å². The summed E-state index contributed by atoms with van der Waals surface area (Å²) in [7, 11) is 0. The van der Waals surface area contributed by atoms with Gasteiger partial charge >= 0.3 is 0 Å². The maximum absolute atomic E-state index is 12.6. The highest BCUT2D eigenvalue weighted by Crippen LogP contribution is 2.19. The largest absolute Gasteiger partial charge is 0.483 e. The fraction of sp³-hybridized carbons (Fsp3) is 0.308. The number of hydrogen-bond donors (Lipinski definition) is 3. The van der Waals surface area contributed by atoms with Gasteiger partial charge in [-0.3, -0.25) is 14.4 Å². The number of nitrogens with zero attached hydrogens (tertiary/aromatic N) is 2. The minimum atomic E-state index is -0.232. The van der Waals surface area contributed by atoms with E-state index in [9.17, 15) is 14.4 Å². The third-order valence-corrected chi connectivity index (χ3v) is 5.72. The van der Waals surface area contributed by atoms with Gasteiger partial charge < -0.3 is 25.3 Å². The normalized spacial score (nSPS) is 16.2. The second-order valence-electron chi connectivity index (χ2n) is 8.26. The van der Waals surface area contributed by atoms with Gasteiger partial charge in [0.1, 0.15) is 5.75 Å². The molecule has 0 saturated carbocycles. The van der Waals surface area contributed by atoms with Gasteiger partial charge in [-0.25, -0.2) is 4.98 Å². The van der Waals surface area contributed by atoms with Crippen LogP contribution in [0.4, 0.5) is 0 Å². The zero-order valence-corrected chi connectivity index (χ0v) is 19.5. The van der Waals surface area contributed by atoms with E-state index in [2.05, 4.69) is 20.9 Å². The number of imidazole rings is 1. The molecule has 2 bridgehead atoms. The number of hydrogen-bond acceptors (Lipinski definition) is 5. The molecule has 3 amide bonds. The molecule has 0 radical (unpaired) electrons. The van der Waals surface area contributed by atoms with Gasteiger partial charge in [-0.1, -0.05) is 24.3 Å². The van der Waals surface area contributed by atoms with Crippen molar-refractivity contribution in [3.8, 4) is 11.4 Å². The van der Waals surface area contributed by atoms with E-state index in [-0.39, 0.29) is 24.3 Å². The van der Waals surface area contributed by atoms with Crippen LogP contribution in [0.2, 0.25) is 0 Å². The van der Waals surface area contributed by atoms with Gasteiger partial charge in [0.05, 0.1) is 6.33 Å². The smallest absolute Gasteiger partial charge is 0.257 e. The van der Waals surface area contributed by atoms with Crippen LogP contribution in [0, 0.1) is 0 Å². The predicted octanol–water partition coefficient (Wildman–Crippen LogP) is 1.79. The number of para-hydroxylation sites is 1. The van der Waals surface area contributed by atoms with Crippen molar-refractivity contribution >= 4 is 17.7 Å². The molecule has 2 heterocycles. The van der Waals surface area contributed by atoms with E-state index in [1.54, 1.807) is 30.7 Å². The number of nitrogens with one attached hydrogen (secondary N) is 3. The molecule has 9 heteroatoms. The van der Waals surface area contributed by atoms with Crippen LogP contribution in [0.15, 0.2) is 61.1 Å². The summed E-state index contributed by atoms with van der Waals surface area (Å²) in [4.78, 5) is 41.4. The Morgan fingerprint density at radius 2 is 1.66 bits per heavy atom. The van der Waals surface area contributed by atoms with E-state index >= 15 is 0 Å². The van der Waals surface area contributed by atoms with Crippen molar-refractivity contribution in [2.75, 3.05) is 26.2 Å². The highest BCUT2D eigenvalue weighted by molar-refractivity contribution is 5.94. The number of aromatic nitrogens is 2. The molecule has 4 rings (SSSR count). The second kappa shape index (κ2) is 11.8. The van der Waals surface area contributed by atoms with Gasteiger partial charge in [-0.2, -0.15) is 0 Å². The van der Waals surface area contributed by atoms with Gasteiger partial charge in [-0.05, 0) is 42.7 Å². The standard InChI is InChI=1S/C26H29N5O4/c32-24-10-9-19-5-1-2-8-23(19)35-17-25(33)29-14-11-22-16-27-18-31(22)21-7-3-6-20(15-21)26(34)30-13-4-12-28-24/h1-3,5-8,15-16,18H,4,9-14,17H2,(H,28,32)(H,29,33)(H,30,34). The summed E-state index contributed by atoms with van der Waals surface area (Å²) in [5, 5.41) is 8.65. The third-order valence-electron chi connectivity index (χ3n) is 5.72. The molecule has 35 heavy (non-hydrogen) atoms. The van der Waals surface area contributed by atoms with Crippen LogP contribution in [0.1, 0.15) is 34.5 Å². The summed E-state index contributed by atoms with van der Waals surface area (Å²) in [6, 6.07) is 14.7. The van der Waals surface area contributed by atoms with Crippen molar-refractivity contribution in [1.82, 2.24) is 25.5 Å². The average Bonchev–Trinajstić information content (AvgIpc) is 3.34. The molecule has 0 spiro atoms. The molecule has 0 unspecified atom stereocenters. The van der Waals surface area contributed by atoms with Gasteiger partial charge in [0, 0.05) is 55.6 Å². The molecule has 3 N–H and O–H groups in total. The number of carbonyl (C=O) groups excluding carboxylic acids is 3. The summed E-state index contributed by atoms with van der Waals surface area (Å²) in [6.07, 6.45) is 5.43. The SMILES string of the molecule is O=C1CCc2ccccc2OCC(=O)NCCc2cncn2-c2cccc(c2)C(=O)NCCCN1. The van der Waals surface area contributed by atoms with Crippen molar-refractivity contribution in [2.45, 2.75) is 25.7 Å². The summed E-state index contributed by atoms with van der Waals surface area (Å²) >= 11 is 0. The average molecular weight is 476 g/mol. The van der Waals surface area contributed by atoms with Crippen molar-refractivity contribution in [3.05, 3.63) is 77.9 Å². The Morgan fingerprint density at radius 1 is 0.829 bits per heavy atom. The maximum Gasteiger partial charge on any atom is 0.257 e. The fourth-order valence-electron chi connectivity index (χ4n) is 3.87. The number of amides is 3. The first-order chi connectivity index (χ1) is 17.1. The predicted molar refractivity (Wildman–Crippen MR) is 130 cm³/mol. The van der Waals surface area contributed by atoms with Crippen LogP contribution in [-0.2, 0) is 22.4 Å². The number of rotatable bonds is 0. The van der Waals surface area contributed by atoms with Gasteiger partial charge in [0.15, 0.2) is 6.61 Å². The fourth-order valence-corrected chi connectivity index (χ4v) is 3.87. The van der Waals surface area contributed by atoms with Crippen LogP contribution in [0.3, 0.4) is 0 Å². The van der Waals surface area contributed by atoms with Gasteiger partial charge in [0.25, 0.3) is 11.8 Å². The van der Waals surface area contributed by atoms with Crippen LogP contribution in [0.5, 0.6) is 5.75 Å². The lowest BCUT2D eigenvalue weighted by Crippen LogP contribution is -2.31. The zero-order valence-electron chi connectivity index (χ0n) is 19.5. The molecule has 2 aromatic carbocycles. The Hall–Kier alpha value is -4.14. The minimum absolute atomic E-state index is 0.0742. The summed E-state index contributed by atoms with van der Waals surface area (Å²) < 4.78 is 7.64. The zero-order chi connectivity index (χ0) is 24.5. The summed E-state index contributed by atoms with van der Waals surface area (Å²) in [6.45, 7) is 1.22. The van der Waals surface area contributed by atoms with E-state index < -0.39 is 0 Å². The van der Waals surface area contributed by atoms with E-state index in [0.717, 1.165) is 16.9 Å². The van der Waals surface area contributed by atoms with E-state index in [1.807, 2.05) is 34.9 Å². The second-order valence-corrected chi connectivity index (χ2v) is 8.26. The van der Waals surface area contributed by atoms with Crippen LogP contribution in [0.25, 0.3) is 5.69 Å². The van der Waals surface area contributed by atoms with Crippen molar-refractivity contribution in [2.24, 2.45) is 0 Å². The van der Waals surface area contributed by atoms with Crippen molar-refractivity contribution in [3.63, 3.8) is 0 Å². The lowest BCUT2D eigenvalue weighted by atomic mass is 10.1. The molecule has 1 aromatic heterocycles. The van der Waals surface area contributed by atoms with Crippen molar-refractivity contribution < 1.29 is 19.1 Å². The first-order valence-electron chi connectivity index (χ1n) is 11.7. The molecule has 1 aliphatic rings. The Morgan fingerprint density at radius 3 is 2.57 bits per heavy atom. The van der Waals surface area contributed by atoms with Crippen LogP contribution in [-0.4, -0.2) is 53.5 Å². The molecule has 182 valence electrons. The van der Waals surface area contributed by atoms with Crippen LogP contribution >= 0.6 is 0 Å². The molecule has 0 aliphatic carbocycles. The lowest BCUT2D eigenvalue weighted by molar-refractivity contribution is -0.123. The molecular formula is C26H29N5O4. The number of fused-ring (bicyclic) bond motifs is 5. The minimum Gasteiger partial charge on any atom is -0.483 e. The van der Waals surface area contributed by atoms with Gasteiger partial charge in [-0.15, -0.1) is 0 Å². The maximum atomic E-state index is 12.6. The number of aryl methyl sites for hydroxylation is 1. The molecule has 0 saturated heterocycles. The Labute approximate surface area is 203 Å². The summed E-state index contributed by atoms with van der Waals surface area (Å²) in [5.74, 6) is 0.114. The molecule has 9 nitrogen and oxygen atoms in total. The topological polar surface area (TPSA) is 114 Å². The lowest BCUT2D eigenvalue weighted by Gasteiger charge is -2.13. The first-order valence-corrected chi connectivity index (χ1v) is 11.7. The highest BCUT2D eigenvalue weighted by Gasteiger charge is 2.12. The number of carbonyl (C=O) groups is 3. The van der Waals surface area contributed by atoms with E-state index in [0.29, 0.717) is 56.6 Å². The third kappa shape index (κ3) is 6.69. The van der Waals surface area contributed by atoms with Crippen molar-refractivity contribution in [1.29, 1.82) is 0 Å². The Bertz CT molecular complexity index is 1190. The van der Waals surface area contributed by atoms with Crippen LogP contribution < -0.4 is 20.7 Å². The Balaban J connectivity index is 1.48. The quantitative estimate of drug-likeness (QED) is 0.459. The molecule has 0 atom stereocenters. The monoisotopic (exact) mass is 475 g/mol. The first kappa shape index (κ1) is 24.0. The molecule has 3 aromatic rings. The van der Waals surface area contributed by atoms with Gasteiger partial charge in [0.2, 0.25) is 5.91 Å².